The SMILES string of the molecule is CC[C@H](COCCCc1oc([C@@H](O)[C@H](Cc2ccccc2)C(=O)N2C(=O)OC(C)(C)C2C(C)C)cc1-c1cccc(C)c1)OCc1ccccc1. The van der Waals surface area contributed by atoms with Crippen molar-refractivity contribution < 1.29 is 33.3 Å². The summed E-state index contributed by atoms with van der Waals surface area (Å²) in [4.78, 5) is 28.9. The smallest absolute Gasteiger partial charge is 0.417 e. The summed E-state index contributed by atoms with van der Waals surface area (Å²) in [5.41, 5.74) is 4.04. The van der Waals surface area contributed by atoms with Crippen LogP contribution in [0.25, 0.3) is 11.1 Å². The largest absolute Gasteiger partial charge is 0.463 e. The number of carbonyl (C=O) groups is 2. The number of aryl methyl sites for hydroxylation is 2. The summed E-state index contributed by atoms with van der Waals surface area (Å²) in [7, 11) is 0. The van der Waals surface area contributed by atoms with Crippen LogP contribution in [-0.4, -0.2) is 53.0 Å². The van der Waals surface area contributed by atoms with Crippen LogP contribution >= 0.6 is 0 Å². The summed E-state index contributed by atoms with van der Waals surface area (Å²) in [5, 5.41) is 12.1. The van der Waals surface area contributed by atoms with Gasteiger partial charge in [-0.15, -0.1) is 0 Å². The molecule has 0 bridgehead atoms. The molecule has 3 aromatic carbocycles. The Bertz CT molecular complexity index is 1710. The molecule has 272 valence electrons. The van der Waals surface area contributed by atoms with E-state index >= 15 is 0 Å². The fraction of sp³-hybridized carbons (Fsp3) is 0.442. The lowest BCUT2D eigenvalue weighted by atomic mass is 9.86. The minimum Gasteiger partial charge on any atom is -0.463 e. The minimum atomic E-state index is -1.32. The predicted octanol–water partition coefficient (Wildman–Crippen LogP) is 8.87. The first-order valence-electron chi connectivity index (χ1n) is 18.2. The lowest BCUT2D eigenvalue weighted by molar-refractivity contribution is -0.139. The Morgan fingerprint density at radius 2 is 1.65 bits per heavy atom. The van der Waals surface area contributed by atoms with Crippen LogP contribution in [0.2, 0.25) is 0 Å². The van der Waals surface area contributed by atoms with Crippen molar-refractivity contribution in [1.82, 2.24) is 4.90 Å². The molecule has 8 heteroatoms. The van der Waals surface area contributed by atoms with Gasteiger partial charge in [0.25, 0.3) is 0 Å². The zero-order valence-corrected chi connectivity index (χ0v) is 30.8. The fourth-order valence-electron chi connectivity index (χ4n) is 7.13. The van der Waals surface area contributed by atoms with Gasteiger partial charge < -0.3 is 23.7 Å². The number of cyclic esters (lactones) is 1. The second-order valence-electron chi connectivity index (χ2n) is 14.5. The number of imide groups is 1. The van der Waals surface area contributed by atoms with Crippen LogP contribution in [0.5, 0.6) is 0 Å². The quantitative estimate of drug-likeness (QED) is 0.110. The molecule has 1 aliphatic heterocycles. The number of rotatable bonds is 17. The average molecular weight is 696 g/mol. The molecule has 0 aliphatic carbocycles. The van der Waals surface area contributed by atoms with E-state index in [2.05, 4.69) is 25.1 Å². The lowest BCUT2D eigenvalue weighted by Gasteiger charge is -2.33. The zero-order valence-electron chi connectivity index (χ0n) is 30.8. The number of benzene rings is 3. The van der Waals surface area contributed by atoms with Crippen LogP contribution < -0.4 is 0 Å². The highest BCUT2D eigenvalue weighted by Gasteiger charge is 2.53. The van der Waals surface area contributed by atoms with Gasteiger partial charge in [-0.3, -0.25) is 4.79 Å². The third kappa shape index (κ3) is 9.56. The first-order chi connectivity index (χ1) is 24.5. The Morgan fingerprint density at radius 1 is 0.961 bits per heavy atom. The molecule has 2 amide bonds. The summed E-state index contributed by atoms with van der Waals surface area (Å²) >= 11 is 0. The normalized spacial score (nSPS) is 17.4. The molecule has 1 unspecified atom stereocenters. The van der Waals surface area contributed by atoms with Gasteiger partial charge in [0, 0.05) is 18.6 Å². The number of nitrogens with zero attached hydrogens (tertiary/aromatic N) is 1. The van der Waals surface area contributed by atoms with Gasteiger partial charge in [-0.1, -0.05) is 111 Å². The highest BCUT2D eigenvalue weighted by molar-refractivity contribution is 5.96. The zero-order chi connectivity index (χ0) is 36.5. The molecule has 1 fully saturated rings. The van der Waals surface area contributed by atoms with Crippen molar-refractivity contribution in [1.29, 1.82) is 0 Å². The first kappa shape index (κ1) is 38.0. The molecule has 51 heavy (non-hydrogen) atoms. The Kier molecular flexibility index (Phi) is 12.9. The molecule has 5 rings (SSSR count). The molecule has 0 spiro atoms. The summed E-state index contributed by atoms with van der Waals surface area (Å²) in [6, 6.07) is 29.1. The van der Waals surface area contributed by atoms with E-state index in [1.54, 1.807) is 0 Å². The van der Waals surface area contributed by atoms with E-state index in [0.717, 1.165) is 34.2 Å². The second kappa shape index (κ2) is 17.3. The Labute approximate surface area is 302 Å². The second-order valence-corrected chi connectivity index (χ2v) is 14.5. The van der Waals surface area contributed by atoms with Crippen molar-refractivity contribution in [3.8, 4) is 11.1 Å². The summed E-state index contributed by atoms with van der Waals surface area (Å²) in [5.74, 6) is -0.546. The number of ether oxygens (including phenoxy) is 3. The van der Waals surface area contributed by atoms with Gasteiger partial charge in [-0.2, -0.15) is 0 Å². The molecule has 4 atom stereocenters. The maximum Gasteiger partial charge on any atom is 0.417 e. The van der Waals surface area contributed by atoms with E-state index in [9.17, 15) is 14.7 Å². The van der Waals surface area contributed by atoms with Crippen molar-refractivity contribution in [2.75, 3.05) is 13.2 Å². The number of carbonyl (C=O) groups excluding carboxylic acids is 2. The van der Waals surface area contributed by atoms with Gasteiger partial charge in [-0.05, 0) is 68.7 Å². The molecule has 8 nitrogen and oxygen atoms in total. The molecular weight excluding hydrogens is 642 g/mol. The number of hydrogen-bond acceptors (Lipinski definition) is 7. The average Bonchev–Trinajstić information content (AvgIpc) is 3.65. The van der Waals surface area contributed by atoms with Crippen LogP contribution in [0.15, 0.2) is 95.4 Å². The van der Waals surface area contributed by atoms with E-state index in [0.29, 0.717) is 38.4 Å². The Hall–Kier alpha value is -4.24. The van der Waals surface area contributed by atoms with Crippen molar-refractivity contribution in [3.63, 3.8) is 0 Å². The Morgan fingerprint density at radius 3 is 2.29 bits per heavy atom. The number of amides is 2. The maximum absolute atomic E-state index is 14.4. The monoisotopic (exact) mass is 695 g/mol. The summed E-state index contributed by atoms with van der Waals surface area (Å²) < 4.78 is 24.3. The molecule has 4 aromatic rings. The highest BCUT2D eigenvalue weighted by atomic mass is 16.6. The van der Waals surface area contributed by atoms with Gasteiger partial charge in [0.05, 0.1) is 31.3 Å². The maximum atomic E-state index is 14.4. The van der Waals surface area contributed by atoms with Crippen molar-refractivity contribution >= 4 is 12.0 Å². The van der Waals surface area contributed by atoms with Crippen LogP contribution in [0.3, 0.4) is 0 Å². The Balaban J connectivity index is 1.35. The lowest BCUT2D eigenvalue weighted by Crippen LogP contribution is -2.50. The summed E-state index contributed by atoms with van der Waals surface area (Å²) in [6.07, 6.45) is 0.298. The first-order valence-corrected chi connectivity index (χ1v) is 18.2. The molecule has 1 aliphatic rings. The van der Waals surface area contributed by atoms with E-state index in [4.69, 9.17) is 18.6 Å². The van der Waals surface area contributed by atoms with Crippen molar-refractivity contribution in [2.45, 2.75) is 97.7 Å². The third-order valence-electron chi connectivity index (χ3n) is 9.63. The van der Waals surface area contributed by atoms with E-state index in [1.807, 2.05) is 107 Å². The number of furan rings is 1. The van der Waals surface area contributed by atoms with Crippen molar-refractivity contribution in [2.24, 2.45) is 11.8 Å². The molecule has 0 radical (unpaired) electrons. The van der Waals surface area contributed by atoms with Crippen LogP contribution in [-0.2, 0) is 38.5 Å². The van der Waals surface area contributed by atoms with Gasteiger partial charge in [0.2, 0.25) is 5.91 Å². The van der Waals surface area contributed by atoms with Crippen LogP contribution in [0.4, 0.5) is 4.79 Å². The molecular formula is C43H53NO7. The van der Waals surface area contributed by atoms with E-state index < -0.39 is 35.7 Å². The van der Waals surface area contributed by atoms with Gasteiger partial charge in [-0.25, -0.2) is 9.69 Å². The number of aliphatic hydroxyl groups is 1. The topological polar surface area (TPSA) is 98.4 Å². The van der Waals surface area contributed by atoms with Crippen LogP contribution in [0.1, 0.15) is 81.8 Å². The molecule has 1 aromatic heterocycles. The van der Waals surface area contributed by atoms with Crippen LogP contribution in [0, 0.1) is 18.8 Å². The minimum absolute atomic E-state index is 0.00809. The van der Waals surface area contributed by atoms with Gasteiger partial charge in [0.1, 0.15) is 23.2 Å². The number of aliphatic hydroxyl groups excluding tert-OH is 1. The molecule has 2 heterocycles. The standard InChI is InChI=1S/C43H53NO7/c1-7-34(49-27-32-19-12-9-13-20-32)28-48-23-15-22-37-35(33-21-14-16-30(4)24-33)26-38(50-37)39(45)36(25-31-17-10-8-11-18-31)41(46)44-40(29(2)3)43(5,6)51-42(44)47/h8-14,16-21,24,26,29,34,36,39-40,45H,7,15,22-23,25,27-28H2,1-6H3/t34-,36+,39+,40?/m1/s1. The van der Waals surface area contributed by atoms with E-state index in [1.165, 1.54) is 4.90 Å². The molecule has 1 saturated heterocycles. The van der Waals surface area contributed by atoms with Crippen molar-refractivity contribution in [3.05, 3.63) is 119 Å². The van der Waals surface area contributed by atoms with E-state index in [-0.39, 0.29) is 24.2 Å². The highest BCUT2D eigenvalue weighted by Crippen LogP contribution is 2.39. The molecule has 1 N–H and O–H groups in total. The summed E-state index contributed by atoms with van der Waals surface area (Å²) in [6.45, 7) is 13.2. The van der Waals surface area contributed by atoms with Gasteiger partial charge in [0.15, 0.2) is 0 Å². The number of hydrogen-bond donors (Lipinski definition) is 1. The third-order valence-corrected chi connectivity index (χ3v) is 9.63. The van der Waals surface area contributed by atoms with Gasteiger partial charge >= 0.3 is 6.09 Å². The molecule has 0 saturated carbocycles. The predicted molar refractivity (Wildman–Crippen MR) is 198 cm³/mol. The fourth-order valence-corrected chi connectivity index (χ4v) is 7.13.